The number of rotatable bonds is 9. The number of aryl methyl sites for hydroxylation is 1. The second kappa shape index (κ2) is 9.08. The summed E-state index contributed by atoms with van der Waals surface area (Å²) >= 11 is 0. The van der Waals surface area contributed by atoms with E-state index >= 15 is 0 Å². The minimum absolute atomic E-state index is 0.0488. The van der Waals surface area contributed by atoms with Crippen molar-refractivity contribution in [1.82, 2.24) is 4.57 Å². The van der Waals surface area contributed by atoms with Gasteiger partial charge in [0.2, 0.25) is 5.78 Å². The number of Topliss-reactive ketones (excluding diaryl/α,β-unsaturated/α-hetero) is 1. The van der Waals surface area contributed by atoms with Gasteiger partial charge in [-0.15, -0.1) is 0 Å². The number of ketones is 1. The topological polar surface area (TPSA) is 114 Å². The summed E-state index contributed by atoms with van der Waals surface area (Å²) in [6.45, 7) is 3.17. The van der Waals surface area contributed by atoms with E-state index in [-0.39, 0.29) is 17.2 Å². The molecule has 0 saturated carbocycles. The van der Waals surface area contributed by atoms with Crippen LogP contribution in [0.2, 0.25) is 0 Å². The number of esters is 1. The van der Waals surface area contributed by atoms with Gasteiger partial charge in [0.05, 0.1) is 17.7 Å². The van der Waals surface area contributed by atoms with Crippen molar-refractivity contribution in [2.75, 3.05) is 13.2 Å². The summed E-state index contributed by atoms with van der Waals surface area (Å²) in [5.41, 5.74) is 1.80. The van der Waals surface area contributed by atoms with E-state index < -0.39 is 24.1 Å². The van der Waals surface area contributed by atoms with E-state index in [0.717, 1.165) is 17.1 Å². The summed E-state index contributed by atoms with van der Waals surface area (Å²) < 4.78 is 17.4. The van der Waals surface area contributed by atoms with Crippen molar-refractivity contribution in [2.24, 2.45) is 0 Å². The molecule has 3 aromatic rings. The molecule has 0 spiro atoms. The highest BCUT2D eigenvalue weighted by atomic mass is 16.6. The number of aromatic nitrogens is 1. The molecule has 0 unspecified atom stereocenters. The number of furan rings is 1. The maximum Gasteiger partial charge on any atom is 0.344 e. The van der Waals surface area contributed by atoms with Gasteiger partial charge in [0.15, 0.2) is 19.0 Å². The molecule has 0 aliphatic heterocycles. The molecule has 2 aromatic heterocycles. The first-order chi connectivity index (χ1) is 14.4. The first kappa shape index (κ1) is 20.8. The average molecular weight is 412 g/mol. The molecular weight excluding hydrogens is 392 g/mol. The molecule has 156 valence electrons. The Kier molecular flexibility index (Phi) is 6.31. The standard InChI is InChI=1S/C21H20N2O7/c1-14-10-17(15(2)22(14)11-16-6-5-9-28-16)19(24)12-30-21(25)13-29-20-8-4-3-7-18(20)23(26)27/h3-10H,11-13H2,1-2H3. The molecule has 9 nitrogen and oxygen atoms in total. The molecule has 0 saturated heterocycles. The maximum atomic E-state index is 12.5. The number of carbonyl (C=O) groups excluding carboxylic acids is 2. The van der Waals surface area contributed by atoms with E-state index in [1.165, 1.54) is 18.2 Å². The van der Waals surface area contributed by atoms with Crippen LogP contribution >= 0.6 is 0 Å². The number of nitro groups is 1. The van der Waals surface area contributed by atoms with Crippen molar-refractivity contribution >= 4 is 17.4 Å². The highest BCUT2D eigenvalue weighted by Crippen LogP contribution is 2.25. The lowest BCUT2D eigenvalue weighted by Gasteiger charge is -2.08. The number of hydrogen-bond acceptors (Lipinski definition) is 7. The molecule has 9 heteroatoms. The molecule has 0 bridgehead atoms. The number of nitro benzene ring substituents is 1. The van der Waals surface area contributed by atoms with Crippen LogP contribution in [0.1, 0.15) is 27.5 Å². The van der Waals surface area contributed by atoms with E-state index in [9.17, 15) is 19.7 Å². The summed E-state index contributed by atoms with van der Waals surface area (Å²) in [6.07, 6.45) is 1.58. The van der Waals surface area contributed by atoms with Gasteiger partial charge in [0, 0.05) is 23.0 Å². The molecule has 0 amide bonds. The monoisotopic (exact) mass is 412 g/mol. The summed E-state index contributed by atoms with van der Waals surface area (Å²) in [6, 6.07) is 11.1. The number of para-hydroxylation sites is 2. The number of ether oxygens (including phenoxy) is 2. The highest BCUT2D eigenvalue weighted by Gasteiger charge is 2.19. The zero-order valence-electron chi connectivity index (χ0n) is 16.5. The van der Waals surface area contributed by atoms with Gasteiger partial charge >= 0.3 is 11.7 Å². The molecule has 2 heterocycles. The Morgan fingerprint density at radius 1 is 1.13 bits per heavy atom. The van der Waals surface area contributed by atoms with Crippen LogP contribution in [0.15, 0.2) is 53.1 Å². The van der Waals surface area contributed by atoms with Gasteiger partial charge in [-0.2, -0.15) is 0 Å². The second-order valence-corrected chi connectivity index (χ2v) is 6.55. The molecule has 1 aromatic carbocycles. The molecule has 3 rings (SSSR count). The Morgan fingerprint density at radius 2 is 1.90 bits per heavy atom. The fraction of sp³-hybridized carbons (Fsp3) is 0.238. The van der Waals surface area contributed by atoms with Crippen molar-refractivity contribution in [3.8, 4) is 5.75 Å². The maximum absolute atomic E-state index is 12.5. The van der Waals surface area contributed by atoms with Crippen LogP contribution in [0, 0.1) is 24.0 Å². The lowest BCUT2D eigenvalue weighted by Crippen LogP contribution is -2.20. The lowest BCUT2D eigenvalue weighted by atomic mass is 10.1. The van der Waals surface area contributed by atoms with Gasteiger partial charge in [-0.05, 0) is 38.1 Å². The van der Waals surface area contributed by atoms with E-state index in [0.29, 0.717) is 12.1 Å². The van der Waals surface area contributed by atoms with Gasteiger partial charge in [0.25, 0.3) is 0 Å². The van der Waals surface area contributed by atoms with E-state index in [2.05, 4.69) is 0 Å². The molecular formula is C21H20N2O7. The Bertz CT molecular complexity index is 1070. The van der Waals surface area contributed by atoms with Crippen LogP contribution in [0.5, 0.6) is 5.75 Å². The van der Waals surface area contributed by atoms with Crippen molar-refractivity contribution < 1.29 is 28.4 Å². The molecule has 30 heavy (non-hydrogen) atoms. The second-order valence-electron chi connectivity index (χ2n) is 6.55. The third-order valence-corrected chi connectivity index (χ3v) is 4.54. The van der Waals surface area contributed by atoms with Gasteiger partial charge in [-0.1, -0.05) is 12.1 Å². The molecule has 0 aliphatic carbocycles. The third kappa shape index (κ3) is 4.75. The van der Waals surface area contributed by atoms with Crippen molar-refractivity contribution in [2.45, 2.75) is 20.4 Å². The SMILES string of the molecule is Cc1cc(C(=O)COC(=O)COc2ccccc2[N+](=O)[O-])c(C)n1Cc1ccco1. The van der Waals surface area contributed by atoms with E-state index in [1.807, 2.05) is 24.5 Å². The van der Waals surface area contributed by atoms with Crippen molar-refractivity contribution in [3.63, 3.8) is 0 Å². The van der Waals surface area contributed by atoms with Crippen LogP contribution < -0.4 is 4.74 Å². The summed E-state index contributed by atoms with van der Waals surface area (Å²) in [7, 11) is 0. The first-order valence-corrected chi connectivity index (χ1v) is 9.11. The number of nitrogens with zero attached hydrogens (tertiary/aromatic N) is 2. The summed E-state index contributed by atoms with van der Waals surface area (Å²) in [5.74, 6) is -0.444. The minimum Gasteiger partial charge on any atom is -0.475 e. The molecule has 0 N–H and O–H groups in total. The van der Waals surface area contributed by atoms with Gasteiger partial charge in [-0.25, -0.2) is 4.79 Å². The fourth-order valence-electron chi connectivity index (χ4n) is 3.02. The Morgan fingerprint density at radius 3 is 2.60 bits per heavy atom. The van der Waals surface area contributed by atoms with Gasteiger partial charge in [-0.3, -0.25) is 14.9 Å². The number of hydrogen-bond donors (Lipinski definition) is 0. The zero-order valence-corrected chi connectivity index (χ0v) is 16.5. The number of carbonyl (C=O) groups is 2. The normalized spacial score (nSPS) is 10.6. The van der Waals surface area contributed by atoms with Crippen LogP contribution in [-0.2, 0) is 16.1 Å². The largest absolute Gasteiger partial charge is 0.475 e. The average Bonchev–Trinajstić information content (AvgIpc) is 3.34. The zero-order chi connectivity index (χ0) is 21.7. The first-order valence-electron chi connectivity index (χ1n) is 9.11. The summed E-state index contributed by atoms with van der Waals surface area (Å²) in [5, 5.41) is 11.0. The smallest absolute Gasteiger partial charge is 0.344 e. The van der Waals surface area contributed by atoms with E-state index in [1.54, 1.807) is 24.5 Å². The van der Waals surface area contributed by atoms with Crippen LogP contribution in [0.3, 0.4) is 0 Å². The predicted octanol–water partition coefficient (Wildman–Crippen LogP) is 3.46. The van der Waals surface area contributed by atoms with Crippen LogP contribution in [0.25, 0.3) is 0 Å². The fourth-order valence-corrected chi connectivity index (χ4v) is 3.02. The van der Waals surface area contributed by atoms with Crippen molar-refractivity contribution in [3.05, 3.63) is 81.6 Å². The minimum atomic E-state index is -0.800. The number of benzene rings is 1. The quantitative estimate of drug-likeness (QED) is 0.229. The van der Waals surface area contributed by atoms with Gasteiger partial charge < -0.3 is 18.5 Å². The highest BCUT2D eigenvalue weighted by molar-refractivity contribution is 5.99. The Labute approximate surface area is 172 Å². The molecule has 0 atom stereocenters. The van der Waals surface area contributed by atoms with Crippen LogP contribution in [-0.4, -0.2) is 34.5 Å². The van der Waals surface area contributed by atoms with Gasteiger partial charge in [0.1, 0.15) is 5.76 Å². The summed E-state index contributed by atoms with van der Waals surface area (Å²) in [4.78, 5) is 34.8. The molecule has 0 fully saturated rings. The predicted molar refractivity (Wildman–Crippen MR) is 106 cm³/mol. The lowest BCUT2D eigenvalue weighted by molar-refractivity contribution is -0.385. The molecule has 0 radical (unpaired) electrons. The third-order valence-electron chi connectivity index (χ3n) is 4.54. The van der Waals surface area contributed by atoms with Crippen LogP contribution in [0.4, 0.5) is 5.69 Å². The molecule has 0 aliphatic rings. The van der Waals surface area contributed by atoms with Crippen molar-refractivity contribution in [1.29, 1.82) is 0 Å². The Hall–Kier alpha value is -3.88. The van der Waals surface area contributed by atoms with E-state index in [4.69, 9.17) is 13.9 Å². The Balaban J connectivity index is 1.57.